The van der Waals surface area contributed by atoms with Crippen LogP contribution in [0.5, 0.6) is 5.75 Å². The third-order valence-electron chi connectivity index (χ3n) is 2.56. The number of aromatic nitrogens is 2. The molecule has 2 rings (SSSR count). The van der Waals surface area contributed by atoms with Crippen LogP contribution in [0.1, 0.15) is 25.7 Å². The largest absolute Gasteiger partial charge is 0.497 e. The summed E-state index contributed by atoms with van der Waals surface area (Å²) in [7, 11) is 1.52. The van der Waals surface area contributed by atoms with Crippen molar-refractivity contribution in [3.63, 3.8) is 0 Å². The van der Waals surface area contributed by atoms with Crippen molar-refractivity contribution in [2.45, 2.75) is 6.92 Å². The molecule has 0 aliphatic carbocycles. The van der Waals surface area contributed by atoms with Crippen molar-refractivity contribution in [1.82, 2.24) is 9.59 Å². The van der Waals surface area contributed by atoms with E-state index in [1.54, 1.807) is 31.2 Å². The Morgan fingerprint density at radius 3 is 2.80 bits per heavy atom. The maximum Gasteiger partial charge on any atom is 0.352 e. The quantitative estimate of drug-likeness (QED) is 0.618. The second-order valence-electron chi connectivity index (χ2n) is 3.92. The molecule has 0 spiro atoms. The van der Waals surface area contributed by atoms with E-state index in [1.165, 1.54) is 7.11 Å². The van der Waals surface area contributed by atoms with E-state index in [0.29, 0.717) is 21.9 Å². The molecule has 0 atom stereocenters. The van der Waals surface area contributed by atoms with Gasteiger partial charge in [0.1, 0.15) is 5.75 Å². The molecule has 0 N–H and O–H groups in total. The van der Waals surface area contributed by atoms with Gasteiger partial charge in [0, 0.05) is 5.56 Å². The minimum absolute atomic E-state index is 0.299. The van der Waals surface area contributed by atoms with Crippen LogP contribution in [0.3, 0.4) is 0 Å². The maximum absolute atomic E-state index is 11.9. The number of Topliss-reactive ketones (excluding diaryl/α,β-unsaturated/α-hetero) is 1. The summed E-state index contributed by atoms with van der Waals surface area (Å²) in [5, 5.41) is 3.71. The summed E-state index contributed by atoms with van der Waals surface area (Å²) in [6, 6.07) is 6.66. The number of hydrogen-bond donors (Lipinski definition) is 0. The predicted molar refractivity (Wildman–Crippen MR) is 72.3 cm³/mol. The van der Waals surface area contributed by atoms with Crippen molar-refractivity contribution in [1.29, 1.82) is 0 Å². The molecule has 1 aromatic heterocycles. The molecule has 0 saturated carbocycles. The van der Waals surface area contributed by atoms with Crippen LogP contribution in [0, 0.1) is 6.92 Å². The molecule has 0 bridgehead atoms. The maximum atomic E-state index is 11.9. The smallest absolute Gasteiger partial charge is 0.352 e. The van der Waals surface area contributed by atoms with Crippen LogP contribution in [0.25, 0.3) is 0 Å². The lowest BCUT2D eigenvalue weighted by atomic mass is 10.1. The molecule has 6 nitrogen and oxygen atoms in total. The third kappa shape index (κ3) is 3.18. The van der Waals surface area contributed by atoms with E-state index in [-0.39, 0.29) is 12.4 Å². The molecule has 2 aromatic rings. The molecular formula is C13H12N2O4S. The molecule has 0 fully saturated rings. The predicted octanol–water partition coefficient (Wildman–Crippen LogP) is 1.89. The van der Waals surface area contributed by atoms with Gasteiger partial charge in [-0.25, -0.2) is 4.79 Å². The van der Waals surface area contributed by atoms with Gasteiger partial charge in [0.2, 0.25) is 0 Å². The van der Waals surface area contributed by atoms with Gasteiger partial charge in [0.05, 0.1) is 12.8 Å². The van der Waals surface area contributed by atoms with Gasteiger partial charge < -0.3 is 9.47 Å². The first-order valence-electron chi connectivity index (χ1n) is 5.75. The van der Waals surface area contributed by atoms with Crippen LogP contribution < -0.4 is 4.74 Å². The average Bonchev–Trinajstić information content (AvgIpc) is 2.90. The number of carbonyl (C=O) groups is 2. The second kappa shape index (κ2) is 6.25. The molecule has 104 valence electrons. The van der Waals surface area contributed by atoms with Gasteiger partial charge in [-0.2, -0.15) is 0 Å². The molecule has 0 amide bonds. The summed E-state index contributed by atoms with van der Waals surface area (Å²) in [6.45, 7) is 1.33. The number of aryl methyl sites for hydroxylation is 1. The number of nitrogens with zero attached hydrogens (tertiary/aromatic N) is 2. The van der Waals surface area contributed by atoms with E-state index in [9.17, 15) is 9.59 Å². The zero-order chi connectivity index (χ0) is 14.5. The summed E-state index contributed by atoms with van der Waals surface area (Å²) in [6.07, 6.45) is 0. The van der Waals surface area contributed by atoms with Gasteiger partial charge in [-0.15, -0.1) is 5.10 Å². The Kier molecular flexibility index (Phi) is 4.41. The molecule has 1 heterocycles. The van der Waals surface area contributed by atoms with Crippen molar-refractivity contribution in [2.24, 2.45) is 0 Å². The van der Waals surface area contributed by atoms with Crippen molar-refractivity contribution < 1.29 is 19.1 Å². The Morgan fingerprint density at radius 2 is 2.15 bits per heavy atom. The van der Waals surface area contributed by atoms with E-state index < -0.39 is 5.97 Å². The van der Waals surface area contributed by atoms with Crippen molar-refractivity contribution in [2.75, 3.05) is 13.7 Å². The number of rotatable bonds is 5. The minimum atomic E-state index is -0.589. The third-order valence-corrected chi connectivity index (χ3v) is 3.37. The van der Waals surface area contributed by atoms with Crippen LogP contribution in [0.2, 0.25) is 0 Å². The van der Waals surface area contributed by atoms with Crippen molar-refractivity contribution >= 4 is 23.3 Å². The fourth-order valence-electron chi connectivity index (χ4n) is 1.50. The molecule has 0 saturated heterocycles. The zero-order valence-electron chi connectivity index (χ0n) is 11.0. The van der Waals surface area contributed by atoms with Crippen LogP contribution in [-0.4, -0.2) is 35.1 Å². The van der Waals surface area contributed by atoms with Crippen molar-refractivity contribution in [3.05, 3.63) is 40.4 Å². The first-order valence-corrected chi connectivity index (χ1v) is 6.52. The van der Waals surface area contributed by atoms with Gasteiger partial charge >= 0.3 is 5.97 Å². The van der Waals surface area contributed by atoms with Crippen molar-refractivity contribution in [3.8, 4) is 5.75 Å². The molecule has 1 aromatic carbocycles. The number of ketones is 1. The van der Waals surface area contributed by atoms with Gasteiger partial charge in [0.15, 0.2) is 17.3 Å². The Hall–Kier alpha value is -2.28. The molecule has 20 heavy (non-hydrogen) atoms. The number of hydrogen-bond acceptors (Lipinski definition) is 7. The topological polar surface area (TPSA) is 78.4 Å². The standard InChI is InChI=1S/C13H12N2O4S/c1-8-12(20-15-14-8)13(17)19-7-11(16)9-4-3-5-10(6-9)18-2/h3-6H,7H2,1-2H3. The number of carbonyl (C=O) groups excluding carboxylic acids is 2. The average molecular weight is 292 g/mol. The highest BCUT2D eigenvalue weighted by atomic mass is 32.1. The number of benzene rings is 1. The van der Waals surface area contributed by atoms with E-state index in [1.807, 2.05) is 0 Å². The highest BCUT2D eigenvalue weighted by Gasteiger charge is 2.17. The molecular weight excluding hydrogens is 280 g/mol. The monoisotopic (exact) mass is 292 g/mol. The number of esters is 1. The first kappa shape index (κ1) is 14.1. The fourth-order valence-corrected chi connectivity index (χ4v) is 2.05. The summed E-state index contributed by atoms with van der Waals surface area (Å²) in [5.41, 5.74) is 0.921. The fraction of sp³-hybridized carbons (Fsp3) is 0.231. The van der Waals surface area contributed by atoms with Crippen LogP contribution >= 0.6 is 11.5 Å². The first-order chi connectivity index (χ1) is 9.61. The molecule has 7 heteroatoms. The summed E-state index contributed by atoms with van der Waals surface area (Å²) in [4.78, 5) is 23.9. The lowest BCUT2D eigenvalue weighted by molar-refractivity contribution is 0.0478. The number of ether oxygens (including phenoxy) is 2. The highest BCUT2D eigenvalue weighted by Crippen LogP contribution is 2.14. The van der Waals surface area contributed by atoms with Gasteiger partial charge in [-0.05, 0) is 30.6 Å². The Bertz CT molecular complexity index is 639. The molecule has 0 radical (unpaired) electrons. The number of methoxy groups -OCH3 is 1. The normalized spacial score (nSPS) is 10.1. The zero-order valence-corrected chi connectivity index (χ0v) is 11.8. The molecule has 0 unspecified atom stereocenters. The lowest BCUT2D eigenvalue weighted by Gasteiger charge is -2.05. The summed E-state index contributed by atoms with van der Waals surface area (Å²) in [5.74, 6) is -0.314. The van der Waals surface area contributed by atoms with E-state index in [0.717, 1.165) is 11.5 Å². The summed E-state index contributed by atoms with van der Waals surface area (Å²) >= 11 is 0.944. The van der Waals surface area contributed by atoms with Crippen LogP contribution in [-0.2, 0) is 4.74 Å². The Labute approximate surface area is 119 Å². The van der Waals surface area contributed by atoms with Gasteiger partial charge in [-0.1, -0.05) is 16.6 Å². The second-order valence-corrected chi connectivity index (χ2v) is 4.67. The highest BCUT2D eigenvalue weighted by molar-refractivity contribution is 7.07. The van der Waals surface area contributed by atoms with Crippen LogP contribution in [0.15, 0.2) is 24.3 Å². The SMILES string of the molecule is COc1cccc(C(=O)COC(=O)c2snnc2C)c1. The minimum Gasteiger partial charge on any atom is -0.497 e. The molecule has 0 aliphatic heterocycles. The van der Waals surface area contributed by atoms with Crippen LogP contribution in [0.4, 0.5) is 0 Å². The van der Waals surface area contributed by atoms with E-state index >= 15 is 0 Å². The van der Waals surface area contributed by atoms with E-state index in [4.69, 9.17) is 9.47 Å². The lowest BCUT2D eigenvalue weighted by Crippen LogP contribution is -2.14. The molecule has 0 aliphatic rings. The summed E-state index contributed by atoms with van der Waals surface area (Å²) < 4.78 is 13.6. The Balaban J connectivity index is 1.98. The van der Waals surface area contributed by atoms with Gasteiger partial charge in [0.25, 0.3) is 0 Å². The Morgan fingerprint density at radius 1 is 1.35 bits per heavy atom. The van der Waals surface area contributed by atoms with E-state index in [2.05, 4.69) is 9.59 Å². The van der Waals surface area contributed by atoms with Gasteiger partial charge in [-0.3, -0.25) is 4.79 Å².